The SMILES string of the molecule is COc1ccc([C@H]2CCCN2C(=O)C2CCN(S(=O)(=O)c3ccc(C#N)cc3)CC2)cc1. The molecule has 0 radical (unpaired) electrons. The summed E-state index contributed by atoms with van der Waals surface area (Å²) in [5.41, 5.74) is 1.53. The van der Waals surface area contributed by atoms with Crippen molar-refractivity contribution in [3.8, 4) is 11.8 Å². The molecule has 0 spiro atoms. The molecule has 2 aromatic carbocycles. The van der Waals surface area contributed by atoms with E-state index in [2.05, 4.69) is 0 Å². The molecule has 2 aliphatic heterocycles. The van der Waals surface area contributed by atoms with Crippen LogP contribution in [0.2, 0.25) is 0 Å². The van der Waals surface area contributed by atoms with Gasteiger partial charge in [-0.1, -0.05) is 12.1 Å². The number of methoxy groups -OCH3 is 1. The van der Waals surface area contributed by atoms with Gasteiger partial charge in [0, 0.05) is 25.6 Å². The lowest BCUT2D eigenvalue weighted by Crippen LogP contribution is -2.44. The van der Waals surface area contributed by atoms with Gasteiger partial charge in [-0.2, -0.15) is 9.57 Å². The summed E-state index contributed by atoms with van der Waals surface area (Å²) < 4.78 is 32.6. The number of hydrogen-bond acceptors (Lipinski definition) is 5. The van der Waals surface area contributed by atoms with Crippen molar-refractivity contribution in [3.63, 3.8) is 0 Å². The van der Waals surface area contributed by atoms with Gasteiger partial charge >= 0.3 is 0 Å². The van der Waals surface area contributed by atoms with E-state index in [1.54, 1.807) is 7.11 Å². The summed E-state index contributed by atoms with van der Waals surface area (Å²) in [5.74, 6) is 0.750. The largest absolute Gasteiger partial charge is 0.497 e. The highest BCUT2D eigenvalue weighted by molar-refractivity contribution is 7.89. The number of ether oxygens (including phenoxy) is 1. The van der Waals surface area contributed by atoms with Gasteiger partial charge in [-0.05, 0) is 67.6 Å². The molecule has 0 aromatic heterocycles. The van der Waals surface area contributed by atoms with E-state index in [-0.39, 0.29) is 22.8 Å². The quantitative estimate of drug-likeness (QED) is 0.693. The molecule has 0 N–H and O–H groups in total. The molecular weight excluding hydrogens is 426 g/mol. The molecule has 7 nitrogen and oxygen atoms in total. The van der Waals surface area contributed by atoms with Gasteiger partial charge in [0.05, 0.1) is 29.7 Å². The van der Waals surface area contributed by atoms with Crippen LogP contribution in [0.25, 0.3) is 0 Å². The highest BCUT2D eigenvalue weighted by Gasteiger charge is 2.37. The first-order chi connectivity index (χ1) is 15.4. The molecule has 32 heavy (non-hydrogen) atoms. The molecule has 1 amide bonds. The van der Waals surface area contributed by atoms with Gasteiger partial charge in [0.1, 0.15) is 5.75 Å². The Bertz CT molecular complexity index is 1100. The van der Waals surface area contributed by atoms with Crippen molar-refractivity contribution in [2.24, 2.45) is 5.92 Å². The van der Waals surface area contributed by atoms with Crippen LogP contribution in [0.5, 0.6) is 5.75 Å². The topological polar surface area (TPSA) is 90.7 Å². The number of carbonyl (C=O) groups excluding carboxylic acids is 1. The maximum atomic E-state index is 13.3. The summed E-state index contributed by atoms with van der Waals surface area (Å²) in [6.07, 6.45) is 2.93. The molecule has 8 heteroatoms. The summed E-state index contributed by atoms with van der Waals surface area (Å²) >= 11 is 0. The van der Waals surface area contributed by atoms with Crippen molar-refractivity contribution in [2.45, 2.75) is 36.6 Å². The predicted octanol–water partition coefficient (Wildman–Crippen LogP) is 3.33. The van der Waals surface area contributed by atoms with Crippen LogP contribution in [0.4, 0.5) is 0 Å². The number of sulfonamides is 1. The van der Waals surface area contributed by atoms with Crippen LogP contribution in [0, 0.1) is 17.2 Å². The molecule has 2 aliphatic rings. The van der Waals surface area contributed by atoms with Crippen molar-refractivity contribution in [1.82, 2.24) is 9.21 Å². The molecule has 1 atom stereocenters. The van der Waals surface area contributed by atoms with Crippen molar-refractivity contribution >= 4 is 15.9 Å². The molecule has 168 valence electrons. The van der Waals surface area contributed by atoms with Crippen LogP contribution in [-0.4, -0.2) is 50.3 Å². The fourth-order valence-corrected chi connectivity index (χ4v) is 6.10. The van der Waals surface area contributed by atoms with Crippen molar-refractivity contribution < 1.29 is 17.9 Å². The van der Waals surface area contributed by atoms with Gasteiger partial charge in [-0.15, -0.1) is 0 Å². The number of benzene rings is 2. The maximum Gasteiger partial charge on any atom is 0.243 e. The van der Waals surface area contributed by atoms with E-state index in [1.807, 2.05) is 35.2 Å². The van der Waals surface area contributed by atoms with Crippen molar-refractivity contribution in [1.29, 1.82) is 5.26 Å². The fourth-order valence-electron chi connectivity index (χ4n) is 4.63. The summed E-state index contributed by atoms with van der Waals surface area (Å²) in [7, 11) is -2.00. The van der Waals surface area contributed by atoms with Crippen molar-refractivity contribution in [3.05, 3.63) is 59.7 Å². The molecule has 0 unspecified atom stereocenters. The third kappa shape index (κ3) is 4.36. The highest BCUT2D eigenvalue weighted by Crippen LogP contribution is 2.35. The molecule has 0 bridgehead atoms. The molecule has 2 heterocycles. The molecule has 2 aromatic rings. The van der Waals surface area contributed by atoms with Crippen LogP contribution in [-0.2, 0) is 14.8 Å². The molecular formula is C24H27N3O4S. The van der Waals surface area contributed by atoms with Crippen LogP contribution in [0.1, 0.15) is 42.9 Å². The Balaban J connectivity index is 1.40. The zero-order valence-corrected chi connectivity index (χ0v) is 18.9. The average Bonchev–Trinajstić information content (AvgIpc) is 3.33. The normalized spacial score (nSPS) is 20.1. The number of nitriles is 1. The molecule has 0 aliphatic carbocycles. The Kier molecular flexibility index (Phi) is 6.49. The van der Waals surface area contributed by atoms with E-state index < -0.39 is 10.0 Å². The minimum atomic E-state index is -3.63. The third-order valence-corrected chi connectivity index (χ3v) is 8.37. The Labute approximate surface area is 189 Å². The zero-order valence-electron chi connectivity index (χ0n) is 18.1. The summed E-state index contributed by atoms with van der Waals surface area (Å²) in [4.78, 5) is 15.5. The Morgan fingerprint density at radius 3 is 2.25 bits per heavy atom. The lowest BCUT2D eigenvalue weighted by atomic mass is 9.95. The Morgan fingerprint density at radius 2 is 1.66 bits per heavy atom. The number of rotatable bonds is 5. The predicted molar refractivity (Wildman–Crippen MR) is 119 cm³/mol. The van der Waals surface area contributed by atoms with Gasteiger partial charge in [0.15, 0.2) is 0 Å². The average molecular weight is 454 g/mol. The van der Waals surface area contributed by atoms with Crippen molar-refractivity contribution in [2.75, 3.05) is 26.7 Å². The standard InChI is InChI=1S/C24H27N3O4S/c1-31-21-8-6-19(7-9-21)23-3-2-14-27(23)24(28)20-12-15-26(16-13-20)32(29,30)22-10-4-18(17-25)5-11-22/h4-11,20,23H,2-3,12-16H2,1H3/t23-/m1/s1. The van der Waals surface area contributed by atoms with E-state index in [9.17, 15) is 13.2 Å². The van der Waals surface area contributed by atoms with Crippen LogP contribution >= 0.6 is 0 Å². The van der Waals surface area contributed by atoms with Gasteiger partial charge in [-0.3, -0.25) is 4.79 Å². The number of nitrogens with zero attached hydrogens (tertiary/aromatic N) is 3. The van der Waals surface area contributed by atoms with E-state index in [0.717, 1.165) is 30.7 Å². The minimum absolute atomic E-state index is 0.0637. The minimum Gasteiger partial charge on any atom is -0.497 e. The number of amides is 1. The Hall–Kier alpha value is -2.89. The van der Waals surface area contributed by atoms with E-state index in [1.165, 1.54) is 28.6 Å². The highest BCUT2D eigenvalue weighted by atomic mass is 32.2. The second-order valence-electron chi connectivity index (χ2n) is 8.28. The number of hydrogen-bond donors (Lipinski definition) is 0. The first-order valence-corrected chi connectivity index (χ1v) is 12.3. The van der Waals surface area contributed by atoms with E-state index in [4.69, 9.17) is 10.00 Å². The fraction of sp³-hybridized carbons (Fsp3) is 0.417. The van der Waals surface area contributed by atoms with Crippen LogP contribution in [0.3, 0.4) is 0 Å². The number of piperidine rings is 1. The first kappa shape index (κ1) is 22.3. The van der Waals surface area contributed by atoms with E-state index in [0.29, 0.717) is 31.5 Å². The Morgan fingerprint density at radius 1 is 1.00 bits per heavy atom. The maximum absolute atomic E-state index is 13.3. The van der Waals surface area contributed by atoms with Crippen LogP contribution in [0.15, 0.2) is 53.4 Å². The zero-order chi connectivity index (χ0) is 22.7. The van der Waals surface area contributed by atoms with Gasteiger partial charge in [0.2, 0.25) is 15.9 Å². The first-order valence-electron chi connectivity index (χ1n) is 10.9. The lowest BCUT2D eigenvalue weighted by Gasteiger charge is -2.34. The van der Waals surface area contributed by atoms with E-state index >= 15 is 0 Å². The summed E-state index contributed by atoms with van der Waals surface area (Å²) in [5, 5.41) is 8.91. The lowest BCUT2D eigenvalue weighted by molar-refractivity contribution is -0.137. The van der Waals surface area contributed by atoms with Crippen LogP contribution < -0.4 is 4.74 Å². The monoisotopic (exact) mass is 453 g/mol. The molecule has 0 saturated carbocycles. The van der Waals surface area contributed by atoms with Gasteiger partial charge in [-0.25, -0.2) is 8.42 Å². The van der Waals surface area contributed by atoms with Gasteiger partial charge in [0.25, 0.3) is 0 Å². The second kappa shape index (κ2) is 9.31. The third-order valence-electron chi connectivity index (χ3n) is 6.46. The molecule has 2 saturated heterocycles. The number of carbonyl (C=O) groups is 1. The van der Waals surface area contributed by atoms with Gasteiger partial charge < -0.3 is 9.64 Å². The second-order valence-corrected chi connectivity index (χ2v) is 10.2. The molecule has 2 fully saturated rings. The smallest absolute Gasteiger partial charge is 0.243 e. The molecule has 4 rings (SSSR count). The number of likely N-dealkylation sites (tertiary alicyclic amines) is 1. The summed E-state index contributed by atoms with van der Waals surface area (Å²) in [6, 6.07) is 15.9. The summed E-state index contributed by atoms with van der Waals surface area (Å²) in [6.45, 7) is 1.37.